The molecule has 122 valence electrons. The van der Waals surface area contributed by atoms with Gasteiger partial charge in [0.2, 0.25) is 0 Å². The summed E-state index contributed by atoms with van der Waals surface area (Å²) in [5, 5.41) is 10.6. The molecule has 6 nitrogen and oxygen atoms in total. The van der Waals surface area contributed by atoms with E-state index in [0.29, 0.717) is 6.54 Å². The zero-order valence-electron chi connectivity index (χ0n) is 13.5. The minimum Gasteiger partial charge on any atom is -0.390 e. The number of rotatable bonds is 2. The van der Waals surface area contributed by atoms with Crippen molar-refractivity contribution in [1.82, 2.24) is 19.9 Å². The number of aryl methyl sites for hydroxylation is 1. The molecule has 2 aliphatic heterocycles. The predicted molar refractivity (Wildman–Crippen MR) is 89.5 cm³/mol. The third-order valence-electron chi connectivity index (χ3n) is 5.02. The Balaban J connectivity index is 1.63. The molecule has 6 heteroatoms. The van der Waals surface area contributed by atoms with Crippen LogP contribution in [0.4, 0.5) is 5.82 Å². The number of β-amino-alcohol motifs (C(OH)–C–C–N with tert-alkyl or cyclic N) is 1. The molecule has 1 N–H and O–H groups in total. The highest BCUT2D eigenvalue weighted by molar-refractivity contribution is 5.85. The number of aliphatic hydroxyl groups is 1. The third kappa shape index (κ3) is 2.77. The Kier molecular flexibility index (Phi) is 3.87. The summed E-state index contributed by atoms with van der Waals surface area (Å²) in [6.45, 7) is 5.59. The Morgan fingerprint density at radius 1 is 1.09 bits per heavy atom. The molecule has 0 spiro atoms. The van der Waals surface area contributed by atoms with Crippen LogP contribution in [-0.4, -0.2) is 63.3 Å². The van der Waals surface area contributed by atoms with Crippen LogP contribution in [-0.2, 0) is 0 Å². The Hall–Kier alpha value is -1.79. The van der Waals surface area contributed by atoms with Gasteiger partial charge in [-0.25, -0.2) is 15.0 Å². The van der Waals surface area contributed by atoms with Gasteiger partial charge < -0.3 is 10.0 Å². The van der Waals surface area contributed by atoms with E-state index in [1.165, 1.54) is 19.3 Å². The Labute approximate surface area is 136 Å². The van der Waals surface area contributed by atoms with Gasteiger partial charge in [0, 0.05) is 18.8 Å². The largest absolute Gasteiger partial charge is 0.390 e. The average Bonchev–Trinajstić information content (AvgIpc) is 2.96. The smallest absolute Gasteiger partial charge is 0.158 e. The van der Waals surface area contributed by atoms with Crippen molar-refractivity contribution in [3.8, 4) is 0 Å². The lowest BCUT2D eigenvalue weighted by Crippen LogP contribution is -2.45. The number of fused-ring (bicyclic) bond motifs is 1. The van der Waals surface area contributed by atoms with E-state index in [1.807, 2.05) is 19.1 Å². The van der Waals surface area contributed by atoms with Crippen LogP contribution in [0.15, 0.2) is 18.5 Å². The van der Waals surface area contributed by atoms with Crippen LogP contribution < -0.4 is 4.90 Å². The van der Waals surface area contributed by atoms with Crippen molar-refractivity contribution in [1.29, 1.82) is 0 Å². The van der Waals surface area contributed by atoms with E-state index in [9.17, 15) is 5.11 Å². The number of aliphatic hydroxyl groups excluding tert-OH is 1. The number of pyridine rings is 1. The van der Waals surface area contributed by atoms with Crippen LogP contribution in [0.3, 0.4) is 0 Å². The van der Waals surface area contributed by atoms with Gasteiger partial charge in [-0.2, -0.15) is 0 Å². The second kappa shape index (κ2) is 6.02. The summed E-state index contributed by atoms with van der Waals surface area (Å²) in [6.07, 6.45) is 5.04. The molecule has 4 heterocycles. The van der Waals surface area contributed by atoms with Gasteiger partial charge >= 0.3 is 0 Å². The van der Waals surface area contributed by atoms with Crippen LogP contribution in [0.25, 0.3) is 11.0 Å². The van der Waals surface area contributed by atoms with E-state index < -0.39 is 0 Å². The van der Waals surface area contributed by atoms with Crippen LogP contribution in [0.1, 0.15) is 25.0 Å². The average molecular weight is 313 g/mol. The van der Waals surface area contributed by atoms with Gasteiger partial charge in [0.15, 0.2) is 5.82 Å². The zero-order chi connectivity index (χ0) is 15.8. The Bertz CT molecular complexity index is 700. The fourth-order valence-electron chi connectivity index (χ4n) is 3.81. The topological polar surface area (TPSA) is 65.4 Å². The fraction of sp³-hybridized carbons (Fsp3) is 0.588. The van der Waals surface area contributed by atoms with E-state index in [1.54, 1.807) is 6.33 Å². The second-order valence-electron chi connectivity index (χ2n) is 6.65. The minimum atomic E-state index is -0.331. The van der Waals surface area contributed by atoms with Gasteiger partial charge in [0.25, 0.3) is 0 Å². The van der Waals surface area contributed by atoms with Gasteiger partial charge in [-0.05, 0) is 45.0 Å². The monoisotopic (exact) mass is 313 g/mol. The van der Waals surface area contributed by atoms with Crippen molar-refractivity contribution >= 4 is 16.9 Å². The number of nitrogens with zero attached hydrogens (tertiary/aromatic N) is 5. The first-order chi connectivity index (χ1) is 11.2. The summed E-state index contributed by atoms with van der Waals surface area (Å²) < 4.78 is 0. The molecular formula is C17H23N5O. The van der Waals surface area contributed by atoms with Crippen LogP contribution in [0.2, 0.25) is 0 Å². The normalized spacial score (nSPS) is 26.1. The fourth-order valence-corrected chi connectivity index (χ4v) is 3.81. The van der Waals surface area contributed by atoms with Crippen LogP contribution in [0.5, 0.6) is 0 Å². The number of anilines is 1. The molecule has 0 aliphatic carbocycles. The second-order valence-corrected chi connectivity index (χ2v) is 6.65. The highest BCUT2D eigenvalue weighted by Gasteiger charge is 2.37. The van der Waals surface area contributed by atoms with E-state index in [2.05, 4.69) is 24.8 Å². The lowest BCUT2D eigenvalue weighted by atomic mass is 10.1. The SMILES string of the molecule is Cc1ccc2ncnc(N3C[C@H](O)[C@@H](N4CCCCC4)C3)c2n1. The molecule has 2 aromatic heterocycles. The summed E-state index contributed by atoms with van der Waals surface area (Å²) in [6, 6.07) is 4.15. The number of hydrogen-bond acceptors (Lipinski definition) is 6. The van der Waals surface area contributed by atoms with E-state index >= 15 is 0 Å². The number of likely N-dealkylation sites (tertiary alicyclic amines) is 1. The van der Waals surface area contributed by atoms with Crippen molar-refractivity contribution in [2.45, 2.75) is 38.3 Å². The molecule has 0 bridgehead atoms. The Morgan fingerprint density at radius 2 is 1.91 bits per heavy atom. The summed E-state index contributed by atoms with van der Waals surface area (Å²) in [5.41, 5.74) is 2.65. The molecule has 2 fully saturated rings. The quantitative estimate of drug-likeness (QED) is 0.903. The first-order valence-corrected chi connectivity index (χ1v) is 8.48. The molecule has 2 aliphatic rings. The predicted octanol–water partition coefficient (Wildman–Crippen LogP) is 1.37. The zero-order valence-corrected chi connectivity index (χ0v) is 13.5. The number of hydrogen-bond donors (Lipinski definition) is 1. The first kappa shape index (κ1) is 14.8. The number of piperidine rings is 1. The van der Waals surface area contributed by atoms with E-state index in [4.69, 9.17) is 0 Å². The van der Waals surface area contributed by atoms with E-state index in [0.717, 1.165) is 42.2 Å². The maximum Gasteiger partial charge on any atom is 0.158 e. The van der Waals surface area contributed by atoms with Crippen molar-refractivity contribution in [2.24, 2.45) is 0 Å². The van der Waals surface area contributed by atoms with Gasteiger partial charge in [-0.15, -0.1) is 0 Å². The lowest BCUT2D eigenvalue weighted by Gasteiger charge is -2.33. The minimum absolute atomic E-state index is 0.199. The van der Waals surface area contributed by atoms with Crippen molar-refractivity contribution in [3.63, 3.8) is 0 Å². The summed E-state index contributed by atoms with van der Waals surface area (Å²) in [5.74, 6) is 0.845. The van der Waals surface area contributed by atoms with Crippen LogP contribution >= 0.6 is 0 Å². The maximum atomic E-state index is 10.6. The molecule has 2 atom stereocenters. The van der Waals surface area contributed by atoms with Crippen LogP contribution in [0, 0.1) is 6.92 Å². The maximum absolute atomic E-state index is 10.6. The Morgan fingerprint density at radius 3 is 2.74 bits per heavy atom. The molecule has 0 radical (unpaired) electrons. The molecule has 2 saturated heterocycles. The lowest BCUT2D eigenvalue weighted by molar-refractivity contribution is 0.0706. The third-order valence-corrected chi connectivity index (χ3v) is 5.02. The molecular weight excluding hydrogens is 290 g/mol. The van der Waals surface area contributed by atoms with Crippen molar-refractivity contribution < 1.29 is 5.11 Å². The standard InChI is InChI=1S/C17H23N5O/c1-12-5-6-13-16(20-12)17(19-11-18-13)22-9-14(15(23)10-22)21-7-3-2-4-8-21/h5-6,11,14-15,23H,2-4,7-10H2,1H3/t14-,15-/m0/s1. The highest BCUT2D eigenvalue weighted by Crippen LogP contribution is 2.28. The molecule has 0 saturated carbocycles. The van der Waals surface area contributed by atoms with Crippen molar-refractivity contribution in [2.75, 3.05) is 31.1 Å². The summed E-state index contributed by atoms with van der Waals surface area (Å²) >= 11 is 0. The molecule has 0 amide bonds. The van der Waals surface area contributed by atoms with Gasteiger partial charge in [-0.3, -0.25) is 4.90 Å². The summed E-state index contributed by atoms with van der Waals surface area (Å²) in [4.78, 5) is 18.0. The van der Waals surface area contributed by atoms with Gasteiger partial charge in [-0.1, -0.05) is 6.42 Å². The summed E-state index contributed by atoms with van der Waals surface area (Å²) in [7, 11) is 0. The van der Waals surface area contributed by atoms with Crippen molar-refractivity contribution in [3.05, 3.63) is 24.2 Å². The van der Waals surface area contributed by atoms with E-state index in [-0.39, 0.29) is 12.1 Å². The number of aromatic nitrogens is 3. The highest BCUT2D eigenvalue weighted by atomic mass is 16.3. The molecule has 0 aromatic carbocycles. The first-order valence-electron chi connectivity index (χ1n) is 8.48. The molecule has 0 unspecified atom stereocenters. The van der Waals surface area contributed by atoms with Gasteiger partial charge in [0.1, 0.15) is 11.8 Å². The molecule has 2 aromatic rings. The molecule has 23 heavy (non-hydrogen) atoms. The van der Waals surface area contributed by atoms with Gasteiger partial charge in [0.05, 0.1) is 17.7 Å². The molecule has 4 rings (SSSR count).